The fraction of sp³-hybridized carbons (Fsp3) is 0.250. The van der Waals surface area contributed by atoms with E-state index in [0.29, 0.717) is 6.54 Å². The first-order valence-corrected chi connectivity index (χ1v) is 7.07. The highest BCUT2D eigenvalue weighted by molar-refractivity contribution is 7.89. The Bertz CT molecular complexity index is 618. The van der Waals surface area contributed by atoms with Crippen LogP contribution in [0.3, 0.4) is 0 Å². The molecule has 0 unspecified atom stereocenters. The number of nitrogens with zero attached hydrogens (tertiary/aromatic N) is 1. The molecule has 90 valence electrons. The Balaban J connectivity index is 2.31. The minimum Gasteiger partial charge on any atom is -0.256 e. The molecule has 4 nitrogen and oxygen atoms in total. The first-order chi connectivity index (χ1) is 8.12. The summed E-state index contributed by atoms with van der Waals surface area (Å²) in [6, 6.07) is 9.52. The lowest BCUT2D eigenvalue weighted by Crippen LogP contribution is -2.24. The van der Waals surface area contributed by atoms with Gasteiger partial charge in [-0.1, -0.05) is 18.2 Å². The molecule has 5 heteroatoms. The van der Waals surface area contributed by atoms with Gasteiger partial charge in [-0.2, -0.15) is 0 Å². The molecule has 0 fully saturated rings. The largest absolute Gasteiger partial charge is 0.256 e. The van der Waals surface area contributed by atoms with Crippen molar-refractivity contribution >= 4 is 20.9 Å². The molecule has 1 aromatic carbocycles. The monoisotopic (exact) mass is 250 g/mol. The van der Waals surface area contributed by atoms with Crippen molar-refractivity contribution in [2.45, 2.75) is 13.5 Å². The molecule has 1 aromatic heterocycles. The molecule has 0 saturated carbocycles. The number of hydrogen-bond donors (Lipinski definition) is 1. The van der Waals surface area contributed by atoms with E-state index in [1.807, 2.05) is 30.3 Å². The van der Waals surface area contributed by atoms with Crippen molar-refractivity contribution in [1.29, 1.82) is 0 Å². The van der Waals surface area contributed by atoms with Gasteiger partial charge in [-0.05, 0) is 24.6 Å². The second-order valence-electron chi connectivity index (χ2n) is 3.71. The molecule has 2 rings (SSSR count). The molecule has 1 heterocycles. The number of sulfonamides is 1. The zero-order valence-electron chi connectivity index (χ0n) is 9.55. The number of rotatable bonds is 4. The normalized spacial score (nSPS) is 11.8. The summed E-state index contributed by atoms with van der Waals surface area (Å²) in [5.41, 5.74) is 1.81. The van der Waals surface area contributed by atoms with Crippen LogP contribution in [-0.4, -0.2) is 19.2 Å². The van der Waals surface area contributed by atoms with Crippen LogP contribution in [0.25, 0.3) is 10.9 Å². The molecule has 0 amide bonds. The average Bonchev–Trinajstić information content (AvgIpc) is 2.36. The van der Waals surface area contributed by atoms with Crippen molar-refractivity contribution in [3.63, 3.8) is 0 Å². The lowest BCUT2D eigenvalue weighted by molar-refractivity contribution is 0.583. The Morgan fingerprint density at radius 3 is 2.76 bits per heavy atom. The van der Waals surface area contributed by atoms with Gasteiger partial charge >= 0.3 is 0 Å². The molecule has 17 heavy (non-hydrogen) atoms. The summed E-state index contributed by atoms with van der Waals surface area (Å²) in [5.74, 6) is 0.0933. The van der Waals surface area contributed by atoms with Crippen LogP contribution in [0, 0.1) is 0 Å². The number of benzene rings is 1. The zero-order chi connectivity index (χ0) is 12.3. The van der Waals surface area contributed by atoms with Crippen molar-refractivity contribution in [2.24, 2.45) is 0 Å². The lowest BCUT2D eigenvalue weighted by Gasteiger charge is -2.07. The minimum absolute atomic E-state index is 0.0933. The molecular formula is C12H14N2O2S. The first-order valence-electron chi connectivity index (χ1n) is 5.42. The van der Waals surface area contributed by atoms with Gasteiger partial charge in [0, 0.05) is 18.1 Å². The van der Waals surface area contributed by atoms with Gasteiger partial charge in [-0.25, -0.2) is 13.1 Å². The highest BCUT2D eigenvalue weighted by Crippen LogP contribution is 2.15. The number of hydrogen-bond acceptors (Lipinski definition) is 3. The summed E-state index contributed by atoms with van der Waals surface area (Å²) < 4.78 is 25.3. The Morgan fingerprint density at radius 1 is 1.24 bits per heavy atom. The summed E-state index contributed by atoms with van der Waals surface area (Å²) in [6.07, 6.45) is 1.69. The maximum Gasteiger partial charge on any atom is 0.211 e. The summed E-state index contributed by atoms with van der Waals surface area (Å²) >= 11 is 0. The summed E-state index contributed by atoms with van der Waals surface area (Å²) in [6.45, 7) is 1.92. The third kappa shape index (κ3) is 2.81. The zero-order valence-corrected chi connectivity index (χ0v) is 10.4. The van der Waals surface area contributed by atoms with Crippen LogP contribution in [0.4, 0.5) is 0 Å². The lowest BCUT2D eigenvalue weighted by atomic mass is 10.1. The maximum absolute atomic E-state index is 11.4. The van der Waals surface area contributed by atoms with E-state index in [0.717, 1.165) is 16.5 Å². The van der Waals surface area contributed by atoms with E-state index < -0.39 is 10.0 Å². The van der Waals surface area contributed by atoms with Crippen molar-refractivity contribution in [1.82, 2.24) is 9.71 Å². The van der Waals surface area contributed by atoms with E-state index in [-0.39, 0.29) is 5.75 Å². The molecule has 2 aromatic rings. The summed E-state index contributed by atoms with van der Waals surface area (Å²) in [4.78, 5) is 4.23. The van der Waals surface area contributed by atoms with Crippen LogP contribution in [0.5, 0.6) is 0 Å². The molecule has 1 N–H and O–H groups in total. The standard InChI is InChI=1S/C12H14N2O2S/c1-2-17(15,16)14-9-10-7-8-13-12-6-4-3-5-11(10)12/h3-8,14H,2,9H2,1H3. The molecule has 0 spiro atoms. The Labute approximate surface area is 101 Å². The number of para-hydroxylation sites is 1. The number of fused-ring (bicyclic) bond motifs is 1. The van der Waals surface area contributed by atoms with Gasteiger partial charge in [0.2, 0.25) is 10.0 Å². The van der Waals surface area contributed by atoms with E-state index in [2.05, 4.69) is 9.71 Å². The van der Waals surface area contributed by atoms with Gasteiger partial charge in [0.25, 0.3) is 0 Å². The Hall–Kier alpha value is -1.46. The van der Waals surface area contributed by atoms with E-state index in [4.69, 9.17) is 0 Å². The molecule has 0 aliphatic rings. The number of aromatic nitrogens is 1. The van der Waals surface area contributed by atoms with Gasteiger partial charge in [0.1, 0.15) is 0 Å². The highest BCUT2D eigenvalue weighted by Gasteiger charge is 2.07. The van der Waals surface area contributed by atoms with Crippen molar-refractivity contribution in [2.75, 3.05) is 5.75 Å². The van der Waals surface area contributed by atoms with Crippen LogP contribution in [-0.2, 0) is 16.6 Å². The molecule has 0 aliphatic carbocycles. The predicted molar refractivity (Wildman–Crippen MR) is 68.0 cm³/mol. The van der Waals surface area contributed by atoms with Gasteiger partial charge in [0.15, 0.2) is 0 Å². The summed E-state index contributed by atoms with van der Waals surface area (Å²) in [7, 11) is -3.16. The quantitative estimate of drug-likeness (QED) is 0.898. The first kappa shape index (κ1) is 12.0. The third-order valence-electron chi connectivity index (χ3n) is 2.60. The molecule has 0 saturated heterocycles. The minimum atomic E-state index is -3.16. The molecule has 0 radical (unpaired) electrons. The smallest absolute Gasteiger partial charge is 0.211 e. The molecule has 0 atom stereocenters. The van der Waals surface area contributed by atoms with Crippen molar-refractivity contribution in [3.05, 3.63) is 42.1 Å². The predicted octanol–water partition coefficient (Wildman–Crippen LogP) is 1.67. The van der Waals surface area contributed by atoms with E-state index >= 15 is 0 Å². The Morgan fingerprint density at radius 2 is 2.00 bits per heavy atom. The van der Waals surface area contributed by atoms with E-state index in [9.17, 15) is 8.42 Å². The highest BCUT2D eigenvalue weighted by atomic mass is 32.2. The van der Waals surface area contributed by atoms with Crippen molar-refractivity contribution < 1.29 is 8.42 Å². The van der Waals surface area contributed by atoms with Crippen LogP contribution < -0.4 is 4.72 Å². The average molecular weight is 250 g/mol. The van der Waals surface area contributed by atoms with Crippen LogP contribution >= 0.6 is 0 Å². The molecular weight excluding hydrogens is 236 g/mol. The number of pyridine rings is 1. The van der Waals surface area contributed by atoms with Crippen LogP contribution in [0.2, 0.25) is 0 Å². The molecule has 0 bridgehead atoms. The van der Waals surface area contributed by atoms with Gasteiger partial charge < -0.3 is 0 Å². The molecule has 0 aliphatic heterocycles. The van der Waals surface area contributed by atoms with Gasteiger partial charge in [-0.3, -0.25) is 4.98 Å². The fourth-order valence-electron chi connectivity index (χ4n) is 1.60. The Kier molecular flexibility index (Phi) is 3.40. The van der Waals surface area contributed by atoms with Crippen molar-refractivity contribution in [3.8, 4) is 0 Å². The second kappa shape index (κ2) is 4.81. The van der Waals surface area contributed by atoms with Crippen LogP contribution in [0.15, 0.2) is 36.5 Å². The topological polar surface area (TPSA) is 59.1 Å². The van der Waals surface area contributed by atoms with Gasteiger partial charge in [-0.15, -0.1) is 0 Å². The van der Waals surface area contributed by atoms with Gasteiger partial charge in [0.05, 0.1) is 11.3 Å². The maximum atomic E-state index is 11.4. The third-order valence-corrected chi connectivity index (χ3v) is 3.95. The SMILES string of the molecule is CCS(=O)(=O)NCc1ccnc2ccccc12. The summed E-state index contributed by atoms with van der Waals surface area (Å²) in [5, 5.41) is 0.980. The number of nitrogens with one attached hydrogen (secondary N) is 1. The van der Waals surface area contributed by atoms with E-state index in [1.54, 1.807) is 13.1 Å². The van der Waals surface area contributed by atoms with Crippen LogP contribution in [0.1, 0.15) is 12.5 Å². The second-order valence-corrected chi connectivity index (χ2v) is 5.81. The fourth-order valence-corrected chi connectivity index (χ4v) is 2.18. The van der Waals surface area contributed by atoms with E-state index in [1.165, 1.54) is 0 Å².